The second-order valence-electron chi connectivity index (χ2n) is 4.60. The van der Waals surface area contributed by atoms with E-state index >= 15 is 0 Å². The summed E-state index contributed by atoms with van der Waals surface area (Å²) in [6.07, 6.45) is 4.00. The van der Waals surface area contributed by atoms with Gasteiger partial charge in [0.25, 0.3) is 0 Å². The first kappa shape index (κ1) is 12.1. The number of hydrogen-bond acceptors (Lipinski definition) is 3. The van der Waals surface area contributed by atoms with Crippen molar-refractivity contribution >= 4 is 11.6 Å². The fourth-order valence-corrected chi connectivity index (χ4v) is 2.20. The number of aryl methyl sites for hydroxylation is 1. The Morgan fingerprint density at radius 2 is 2.26 bits per heavy atom. The molecule has 96 valence electrons. The molecule has 0 bridgehead atoms. The van der Waals surface area contributed by atoms with Gasteiger partial charge in [-0.25, -0.2) is 0 Å². The summed E-state index contributed by atoms with van der Waals surface area (Å²) >= 11 is 6.13. The summed E-state index contributed by atoms with van der Waals surface area (Å²) < 4.78 is 7.49. The van der Waals surface area contributed by atoms with Crippen LogP contribution in [-0.4, -0.2) is 15.9 Å². The lowest BCUT2D eigenvalue weighted by molar-refractivity contribution is 0.302. The molecule has 0 spiro atoms. The minimum atomic E-state index is 0.227. The fourth-order valence-electron chi connectivity index (χ4n) is 2.00. The highest BCUT2D eigenvalue weighted by Gasteiger charge is 2.26. The topological polar surface area (TPSA) is 50.8 Å². The molecule has 3 rings (SSSR count). The molecule has 0 amide bonds. The Morgan fingerprint density at radius 3 is 2.84 bits per heavy atom. The van der Waals surface area contributed by atoms with E-state index in [1.165, 1.54) is 0 Å². The molecule has 1 aromatic heterocycles. The zero-order valence-corrected chi connectivity index (χ0v) is 11.2. The Bertz CT molecular complexity index is 668. The van der Waals surface area contributed by atoms with Crippen LogP contribution in [0, 0.1) is 11.3 Å². The Morgan fingerprint density at radius 1 is 1.47 bits per heavy atom. The zero-order valence-electron chi connectivity index (χ0n) is 10.4. The lowest BCUT2D eigenvalue weighted by Crippen LogP contribution is -2.01. The van der Waals surface area contributed by atoms with Crippen molar-refractivity contribution in [2.24, 2.45) is 7.05 Å². The largest absolute Gasteiger partial charge is 0.489 e. The van der Waals surface area contributed by atoms with Crippen molar-refractivity contribution in [3.05, 3.63) is 35.0 Å². The predicted octanol–water partition coefficient (Wildman–Crippen LogP) is 3.15. The van der Waals surface area contributed by atoms with Gasteiger partial charge in [-0.1, -0.05) is 11.6 Å². The summed E-state index contributed by atoms with van der Waals surface area (Å²) in [5, 5.41) is 14.1. The van der Waals surface area contributed by atoms with Gasteiger partial charge in [-0.2, -0.15) is 10.4 Å². The first-order chi connectivity index (χ1) is 9.19. The van der Waals surface area contributed by atoms with Crippen molar-refractivity contribution in [1.29, 1.82) is 5.26 Å². The molecule has 0 N–H and O–H groups in total. The first-order valence-electron chi connectivity index (χ1n) is 6.07. The fraction of sp³-hybridized carbons (Fsp3) is 0.286. The molecule has 4 nitrogen and oxygen atoms in total. The van der Waals surface area contributed by atoms with Crippen molar-refractivity contribution in [1.82, 2.24) is 9.78 Å². The van der Waals surface area contributed by atoms with Gasteiger partial charge in [-0.05, 0) is 25.0 Å². The summed E-state index contributed by atoms with van der Waals surface area (Å²) in [5.41, 5.74) is 2.12. The van der Waals surface area contributed by atoms with E-state index in [4.69, 9.17) is 16.3 Å². The summed E-state index contributed by atoms with van der Waals surface area (Å²) in [6.45, 7) is 0. The molecule has 0 saturated heterocycles. The highest BCUT2D eigenvalue weighted by atomic mass is 35.5. The minimum absolute atomic E-state index is 0.227. The van der Waals surface area contributed by atoms with Gasteiger partial charge >= 0.3 is 0 Å². The van der Waals surface area contributed by atoms with Crippen LogP contribution in [0.1, 0.15) is 18.4 Å². The van der Waals surface area contributed by atoms with Crippen molar-refractivity contribution in [2.75, 3.05) is 0 Å². The van der Waals surface area contributed by atoms with Crippen LogP contribution in [0.25, 0.3) is 11.3 Å². The number of nitrogens with zero attached hydrogens (tertiary/aromatic N) is 3. The van der Waals surface area contributed by atoms with Crippen molar-refractivity contribution in [2.45, 2.75) is 18.9 Å². The number of nitriles is 1. The van der Waals surface area contributed by atoms with Crippen molar-refractivity contribution in [3.8, 4) is 23.1 Å². The van der Waals surface area contributed by atoms with Crippen LogP contribution in [0.4, 0.5) is 0 Å². The first-order valence-corrected chi connectivity index (χ1v) is 6.45. The number of hydrogen-bond donors (Lipinski definition) is 0. The van der Waals surface area contributed by atoms with Gasteiger partial charge in [0.2, 0.25) is 0 Å². The Balaban J connectivity index is 2.15. The summed E-state index contributed by atoms with van der Waals surface area (Å²) in [5.74, 6) is 0.564. The summed E-state index contributed by atoms with van der Waals surface area (Å²) in [7, 11) is 1.83. The number of halogens is 1. The van der Waals surface area contributed by atoms with Crippen LogP contribution < -0.4 is 4.74 Å². The molecule has 0 atom stereocenters. The second kappa shape index (κ2) is 4.60. The molecule has 5 heteroatoms. The van der Waals surface area contributed by atoms with Crippen LogP contribution in [0.3, 0.4) is 0 Å². The number of ether oxygens (including phenoxy) is 1. The molecular weight excluding hydrogens is 262 g/mol. The van der Waals surface area contributed by atoms with E-state index in [-0.39, 0.29) is 6.10 Å². The SMILES string of the molecule is Cn1nccc1-c1cc(Cl)cc(OC2CC2)c1C#N. The number of aromatic nitrogens is 2. The van der Waals surface area contributed by atoms with Gasteiger partial charge in [0.15, 0.2) is 0 Å². The van der Waals surface area contributed by atoms with E-state index in [1.54, 1.807) is 23.0 Å². The van der Waals surface area contributed by atoms with E-state index in [0.29, 0.717) is 16.3 Å². The maximum absolute atomic E-state index is 9.41. The van der Waals surface area contributed by atoms with E-state index in [2.05, 4.69) is 11.2 Å². The van der Waals surface area contributed by atoms with Gasteiger partial charge in [0.05, 0.1) is 11.8 Å². The molecule has 0 aliphatic heterocycles. The van der Waals surface area contributed by atoms with Crippen LogP contribution in [0.2, 0.25) is 5.02 Å². The molecule has 1 aliphatic rings. The van der Waals surface area contributed by atoms with Gasteiger partial charge < -0.3 is 4.74 Å². The molecule has 19 heavy (non-hydrogen) atoms. The van der Waals surface area contributed by atoms with Gasteiger partial charge in [0, 0.05) is 29.9 Å². The zero-order chi connectivity index (χ0) is 13.4. The molecule has 0 unspecified atom stereocenters. The van der Waals surface area contributed by atoms with E-state index in [9.17, 15) is 5.26 Å². The molecule has 1 saturated carbocycles. The number of benzene rings is 1. The van der Waals surface area contributed by atoms with E-state index < -0.39 is 0 Å². The highest BCUT2D eigenvalue weighted by molar-refractivity contribution is 6.31. The van der Waals surface area contributed by atoms with Crippen molar-refractivity contribution < 1.29 is 4.74 Å². The normalized spacial score (nSPS) is 14.2. The lowest BCUT2D eigenvalue weighted by atomic mass is 10.0. The van der Waals surface area contributed by atoms with E-state index in [1.807, 2.05) is 13.1 Å². The van der Waals surface area contributed by atoms with Crippen molar-refractivity contribution in [3.63, 3.8) is 0 Å². The highest BCUT2D eigenvalue weighted by Crippen LogP contribution is 2.36. The average molecular weight is 274 g/mol. The Labute approximate surface area is 116 Å². The second-order valence-corrected chi connectivity index (χ2v) is 5.03. The quantitative estimate of drug-likeness (QED) is 0.863. The third kappa shape index (κ3) is 2.29. The maximum Gasteiger partial charge on any atom is 0.139 e. The average Bonchev–Trinajstić information content (AvgIpc) is 3.08. The molecule has 1 heterocycles. The predicted molar refractivity (Wildman–Crippen MR) is 72.0 cm³/mol. The third-order valence-corrected chi connectivity index (χ3v) is 3.31. The number of rotatable bonds is 3. The molecule has 1 aliphatic carbocycles. The summed E-state index contributed by atoms with van der Waals surface area (Å²) in [6, 6.07) is 7.55. The molecule has 1 fully saturated rings. The van der Waals surface area contributed by atoms with Crippen LogP contribution in [0.5, 0.6) is 5.75 Å². The monoisotopic (exact) mass is 273 g/mol. The van der Waals surface area contributed by atoms with Crippen LogP contribution in [0.15, 0.2) is 24.4 Å². The molecule has 1 aromatic carbocycles. The Hall–Kier alpha value is -1.99. The van der Waals surface area contributed by atoms with Crippen LogP contribution in [-0.2, 0) is 7.05 Å². The van der Waals surface area contributed by atoms with Gasteiger partial charge in [-0.15, -0.1) is 0 Å². The standard InChI is InChI=1S/C14H12ClN3O/c1-18-13(4-5-17-18)11-6-9(15)7-14(12(11)8-16)19-10-2-3-10/h4-7,10H,2-3H2,1H3. The Kier molecular flexibility index (Phi) is 2.92. The third-order valence-electron chi connectivity index (χ3n) is 3.09. The van der Waals surface area contributed by atoms with E-state index in [0.717, 1.165) is 24.1 Å². The molecule has 2 aromatic rings. The van der Waals surface area contributed by atoms with Gasteiger partial charge in [0.1, 0.15) is 17.4 Å². The maximum atomic E-state index is 9.41. The van der Waals surface area contributed by atoms with Crippen LogP contribution >= 0.6 is 11.6 Å². The molecular formula is C14H12ClN3O. The van der Waals surface area contributed by atoms with Gasteiger partial charge in [-0.3, -0.25) is 4.68 Å². The molecule has 0 radical (unpaired) electrons. The smallest absolute Gasteiger partial charge is 0.139 e. The minimum Gasteiger partial charge on any atom is -0.489 e. The lowest BCUT2D eigenvalue weighted by Gasteiger charge is -2.11. The summed E-state index contributed by atoms with van der Waals surface area (Å²) in [4.78, 5) is 0.